The quantitative estimate of drug-likeness (QED) is 0.866. The lowest BCUT2D eigenvalue weighted by molar-refractivity contribution is 0.164. The van der Waals surface area contributed by atoms with Gasteiger partial charge >= 0.3 is 0 Å². The molecule has 1 saturated heterocycles. The van der Waals surface area contributed by atoms with E-state index in [2.05, 4.69) is 36.0 Å². The second-order valence-electron chi connectivity index (χ2n) is 5.71. The predicted octanol–water partition coefficient (Wildman–Crippen LogP) is 2.89. The van der Waals surface area contributed by atoms with Crippen molar-refractivity contribution in [3.63, 3.8) is 0 Å². The number of rotatable bonds is 4. The van der Waals surface area contributed by atoms with E-state index in [9.17, 15) is 0 Å². The first-order valence-corrected chi connectivity index (χ1v) is 6.85. The number of nitrogens with zero attached hydrogens (tertiary/aromatic N) is 2. The van der Waals surface area contributed by atoms with Gasteiger partial charge in [0.25, 0.3) is 0 Å². The van der Waals surface area contributed by atoms with E-state index in [-0.39, 0.29) is 24.8 Å². The highest BCUT2D eigenvalue weighted by Gasteiger charge is 2.18. The van der Waals surface area contributed by atoms with Gasteiger partial charge in [-0.3, -0.25) is 0 Å². The van der Waals surface area contributed by atoms with Crippen LogP contribution in [-0.2, 0) is 6.54 Å². The van der Waals surface area contributed by atoms with Crippen molar-refractivity contribution in [2.45, 2.75) is 19.4 Å². The molecule has 0 aromatic heterocycles. The summed E-state index contributed by atoms with van der Waals surface area (Å²) in [5, 5.41) is 0. The zero-order chi connectivity index (χ0) is 13.0. The molecule has 0 radical (unpaired) electrons. The summed E-state index contributed by atoms with van der Waals surface area (Å²) in [5.74, 6) is 0.815. The first-order chi connectivity index (χ1) is 8.63. The number of anilines is 1. The van der Waals surface area contributed by atoms with Gasteiger partial charge in [0.2, 0.25) is 0 Å². The van der Waals surface area contributed by atoms with Crippen LogP contribution in [0.5, 0.6) is 0 Å². The highest BCUT2D eigenvalue weighted by molar-refractivity contribution is 5.85. The maximum atomic E-state index is 5.81. The summed E-state index contributed by atoms with van der Waals surface area (Å²) >= 11 is 0. The molecule has 0 bridgehead atoms. The van der Waals surface area contributed by atoms with Gasteiger partial charge in [-0.2, -0.15) is 0 Å². The van der Waals surface area contributed by atoms with Crippen LogP contribution in [0.2, 0.25) is 0 Å². The Morgan fingerprint density at radius 1 is 1.35 bits per heavy atom. The van der Waals surface area contributed by atoms with Crippen LogP contribution in [0.3, 0.4) is 0 Å². The van der Waals surface area contributed by atoms with Crippen molar-refractivity contribution in [3.8, 4) is 0 Å². The average molecular weight is 320 g/mol. The lowest BCUT2D eigenvalue weighted by Gasteiger charge is -2.32. The maximum absolute atomic E-state index is 5.81. The van der Waals surface area contributed by atoms with Gasteiger partial charge in [-0.25, -0.2) is 0 Å². The van der Waals surface area contributed by atoms with Gasteiger partial charge in [0.05, 0.1) is 0 Å². The van der Waals surface area contributed by atoms with Crippen LogP contribution >= 0.6 is 24.8 Å². The Labute approximate surface area is 135 Å². The summed E-state index contributed by atoms with van der Waals surface area (Å²) in [5.41, 5.74) is 7.98. The Hall–Kier alpha value is -0.480. The normalized spacial score (nSPS) is 19.2. The van der Waals surface area contributed by atoms with Gasteiger partial charge in [0.1, 0.15) is 0 Å². The fourth-order valence-corrected chi connectivity index (χ4v) is 2.93. The smallest absolute Gasteiger partial charge is 0.0317 e. The highest BCUT2D eigenvalue weighted by Crippen LogP contribution is 2.17. The SMILES string of the molecule is CN1CCCC(CN(C)Cc2cccc(N)c2)C1.Cl.Cl. The third-order valence-electron chi connectivity index (χ3n) is 3.70. The van der Waals surface area contributed by atoms with Gasteiger partial charge in [0, 0.05) is 25.3 Å². The fourth-order valence-electron chi connectivity index (χ4n) is 2.93. The summed E-state index contributed by atoms with van der Waals surface area (Å²) in [6, 6.07) is 8.20. The molecule has 20 heavy (non-hydrogen) atoms. The number of nitrogens with two attached hydrogens (primary N) is 1. The van der Waals surface area contributed by atoms with Crippen LogP contribution in [0, 0.1) is 5.92 Å². The Kier molecular flexibility index (Phi) is 9.23. The van der Waals surface area contributed by atoms with E-state index in [1.165, 1.54) is 38.0 Å². The first kappa shape index (κ1) is 19.5. The monoisotopic (exact) mass is 319 g/mol. The van der Waals surface area contributed by atoms with Crippen LogP contribution in [-0.4, -0.2) is 43.5 Å². The summed E-state index contributed by atoms with van der Waals surface area (Å²) < 4.78 is 0. The number of benzene rings is 1. The van der Waals surface area contributed by atoms with E-state index in [1.54, 1.807) is 0 Å². The first-order valence-electron chi connectivity index (χ1n) is 6.85. The molecule has 1 aromatic carbocycles. The van der Waals surface area contributed by atoms with Crippen molar-refractivity contribution >= 4 is 30.5 Å². The molecule has 0 saturated carbocycles. The molecule has 0 aliphatic carbocycles. The molecule has 1 aliphatic rings. The minimum absolute atomic E-state index is 0. The molecule has 116 valence electrons. The van der Waals surface area contributed by atoms with E-state index in [4.69, 9.17) is 5.73 Å². The predicted molar refractivity (Wildman–Crippen MR) is 91.9 cm³/mol. The second kappa shape index (κ2) is 9.46. The topological polar surface area (TPSA) is 32.5 Å². The summed E-state index contributed by atoms with van der Waals surface area (Å²) in [6.45, 7) is 4.67. The molecule has 1 atom stereocenters. The van der Waals surface area contributed by atoms with Crippen molar-refractivity contribution in [2.75, 3.05) is 39.5 Å². The number of hydrogen-bond acceptors (Lipinski definition) is 3. The van der Waals surface area contributed by atoms with E-state index < -0.39 is 0 Å². The van der Waals surface area contributed by atoms with Crippen LogP contribution < -0.4 is 5.73 Å². The van der Waals surface area contributed by atoms with Gasteiger partial charge in [-0.15, -0.1) is 24.8 Å². The zero-order valence-corrected chi connectivity index (χ0v) is 14.1. The molecule has 0 amide bonds. The van der Waals surface area contributed by atoms with E-state index in [1.807, 2.05) is 12.1 Å². The molecule has 0 spiro atoms. The molecule has 1 aliphatic heterocycles. The van der Waals surface area contributed by atoms with E-state index in [0.717, 1.165) is 18.2 Å². The minimum atomic E-state index is 0. The highest BCUT2D eigenvalue weighted by atomic mass is 35.5. The number of piperidine rings is 1. The standard InChI is InChI=1S/C15H25N3.2ClH/c1-17-8-4-6-14(11-17)12-18(2)10-13-5-3-7-15(16)9-13;;/h3,5,7,9,14H,4,6,8,10-12,16H2,1-2H3;2*1H. The average Bonchev–Trinajstić information content (AvgIpc) is 2.28. The van der Waals surface area contributed by atoms with Crippen molar-refractivity contribution < 1.29 is 0 Å². The largest absolute Gasteiger partial charge is 0.399 e. The zero-order valence-electron chi connectivity index (χ0n) is 12.4. The van der Waals surface area contributed by atoms with Crippen LogP contribution in [0.4, 0.5) is 5.69 Å². The summed E-state index contributed by atoms with van der Waals surface area (Å²) in [6.07, 6.45) is 2.71. The van der Waals surface area contributed by atoms with Gasteiger partial charge in [-0.05, 0) is 57.1 Å². The molecule has 1 heterocycles. The van der Waals surface area contributed by atoms with Crippen molar-refractivity contribution in [3.05, 3.63) is 29.8 Å². The summed E-state index contributed by atoms with van der Waals surface area (Å²) in [7, 11) is 4.43. The van der Waals surface area contributed by atoms with Crippen LogP contribution in [0.25, 0.3) is 0 Å². The molecule has 1 fully saturated rings. The molecule has 1 aromatic rings. The molecular formula is C15H27Cl2N3. The number of nitrogen functional groups attached to an aromatic ring is 1. The number of likely N-dealkylation sites (tertiary alicyclic amines) is 1. The molecule has 2 rings (SSSR count). The maximum Gasteiger partial charge on any atom is 0.0317 e. The van der Waals surface area contributed by atoms with Gasteiger partial charge in [0.15, 0.2) is 0 Å². The van der Waals surface area contributed by atoms with E-state index in [0.29, 0.717) is 0 Å². The van der Waals surface area contributed by atoms with Crippen molar-refractivity contribution in [2.24, 2.45) is 5.92 Å². The van der Waals surface area contributed by atoms with Gasteiger partial charge < -0.3 is 15.5 Å². The third-order valence-corrected chi connectivity index (χ3v) is 3.70. The minimum Gasteiger partial charge on any atom is -0.399 e. The Bertz CT molecular complexity index is 387. The van der Waals surface area contributed by atoms with Gasteiger partial charge in [-0.1, -0.05) is 12.1 Å². The number of halogens is 2. The van der Waals surface area contributed by atoms with Crippen LogP contribution in [0.15, 0.2) is 24.3 Å². The summed E-state index contributed by atoms with van der Waals surface area (Å²) in [4.78, 5) is 4.86. The lowest BCUT2D eigenvalue weighted by Crippen LogP contribution is -2.37. The third kappa shape index (κ3) is 6.31. The Balaban J connectivity index is 0.00000180. The molecule has 3 nitrogen and oxygen atoms in total. The number of hydrogen-bond donors (Lipinski definition) is 1. The second-order valence-corrected chi connectivity index (χ2v) is 5.71. The Morgan fingerprint density at radius 2 is 2.10 bits per heavy atom. The molecule has 5 heteroatoms. The molecular weight excluding hydrogens is 293 g/mol. The fraction of sp³-hybridized carbons (Fsp3) is 0.600. The van der Waals surface area contributed by atoms with Crippen molar-refractivity contribution in [1.29, 1.82) is 0 Å². The van der Waals surface area contributed by atoms with Crippen LogP contribution in [0.1, 0.15) is 18.4 Å². The van der Waals surface area contributed by atoms with E-state index >= 15 is 0 Å². The van der Waals surface area contributed by atoms with Crippen molar-refractivity contribution in [1.82, 2.24) is 9.80 Å². The lowest BCUT2D eigenvalue weighted by atomic mass is 9.98. The molecule has 2 N–H and O–H groups in total. The Morgan fingerprint density at radius 3 is 2.75 bits per heavy atom. The molecule has 1 unspecified atom stereocenters.